The maximum absolute atomic E-state index is 6.07. The summed E-state index contributed by atoms with van der Waals surface area (Å²) in [7, 11) is 0. The van der Waals surface area contributed by atoms with Gasteiger partial charge in [-0.05, 0) is 19.1 Å². The average Bonchev–Trinajstić information content (AvgIpc) is 2.60. The number of nitrogens with zero attached hydrogens (tertiary/aromatic N) is 2. The molecule has 78 valence electrons. The Morgan fingerprint density at radius 3 is 2.73 bits per heavy atom. The van der Waals surface area contributed by atoms with Gasteiger partial charge in [0.05, 0.1) is 16.4 Å². The van der Waals surface area contributed by atoms with Crippen molar-refractivity contribution >= 4 is 11.6 Å². The summed E-state index contributed by atoms with van der Waals surface area (Å²) in [5.74, 6) is 0. The zero-order valence-corrected chi connectivity index (χ0v) is 9.20. The van der Waals surface area contributed by atoms with E-state index in [0.29, 0.717) is 11.6 Å². The molecule has 0 fully saturated rings. The molecular weight excluding hydrogens is 210 g/mol. The zero-order valence-electron chi connectivity index (χ0n) is 8.44. The van der Waals surface area contributed by atoms with Crippen LogP contribution in [0.25, 0.3) is 5.69 Å². The molecular formula is C11H12ClN3. The number of benzene rings is 1. The fourth-order valence-corrected chi connectivity index (χ4v) is 1.68. The van der Waals surface area contributed by atoms with E-state index in [4.69, 9.17) is 17.3 Å². The zero-order chi connectivity index (χ0) is 10.8. The van der Waals surface area contributed by atoms with E-state index in [1.165, 1.54) is 0 Å². The Hall–Kier alpha value is -1.32. The maximum atomic E-state index is 6.07. The predicted octanol–water partition coefficient (Wildman–Crippen LogP) is 2.29. The third-order valence-corrected chi connectivity index (χ3v) is 2.64. The number of halogens is 1. The van der Waals surface area contributed by atoms with Crippen molar-refractivity contribution in [2.45, 2.75) is 13.5 Å². The predicted molar refractivity (Wildman–Crippen MR) is 61.2 cm³/mol. The first-order valence-electron chi connectivity index (χ1n) is 4.72. The van der Waals surface area contributed by atoms with E-state index < -0.39 is 0 Å². The average molecular weight is 222 g/mol. The summed E-state index contributed by atoms with van der Waals surface area (Å²) < 4.78 is 1.76. The monoisotopic (exact) mass is 221 g/mol. The highest BCUT2D eigenvalue weighted by atomic mass is 35.5. The SMILES string of the molecule is Cc1nn(-c2ccccc2Cl)cc1CN. The minimum Gasteiger partial charge on any atom is -0.326 e. The molecule has 0 aliphatic heterocycles. The molecule has 4 heteroatoms. The molecule has 0 unspecified atom stereocenters. The summed E-state index contributed by atoms with van der Waals surface area (Å²) in [6, 6.07) is 7.59. The molecule has 3 nitrogen and oxygen atoms in total. The number of hydrogen-bond donors (Lipinski definition) is 1. The van der Waals surface area contributed by atoms with Gasteiger partial charge in [-0.1, -0.05) is 23.7 Å². The highest BCUT2D eigenvalue weighted by Gasteiger charge is 2.06. The Kier molecular flexibility index (Phi) is 2.75. The van der Waals surface area contributed by atoms with Crippen molar-refractivity contribution in [1.29, 1.82) is 0 Å². The van der Waals surface area contributed by atoms with Crippen LogP contribution in [0.1, 0.15) is 11.3 Å². The van der Waals surface area contributed by atoms with E-state index >= 15 is 0 Å². The Bertz CT molecular complexity index is 476. The third kappa shape index (κ3) is 1.89. The Morgan fingerprint density at radius 2 is 2.13 bits per heavy atom. The van der Waals surface area contributed by atoms with Crippen molar-refractivity contribution in [2.24, 2.45) is 5.73 Å². The maximum Gasteiger partial charge on any atom is 0.0831 e. The van der Waals surface area contributed by atoms with Crippen molar-refractivity contribution in [3.05, 3.63) is 46.7 Å². The van der Waals surface area contributed by atoms with Gasteiger partial charge < -0.3 is 5.73 Å². The van der Waals surface area contributed by atoms with Crippen LogP contribution in [0.2, 0.25) is 5.02 Å². The molecule has 0 saturated carbocycles. The van der Waals surface area contributed by atoms with Gasteiger partial charge in [-0.25, -0.2) is 4.68 Å². The lowest BCUT2D eigenvalue weighted by Gasteiger charge is -2.02. The summed E-state index contributed by atoms with van der Waals surface area (Å²) in [5.41, 5.74) is 8.45. The Labute approximate surface area is 93.5 Å². The molecule has 2 N–H and O–H groups in total. The van der Waals surface area contributed by atoms with Crippen molar-refractivity contribution in [1.82, 2.24) is 9.78 Å². The molecule has 0 saturated heterocycles. The molecule has 1 aromatic carbocycles. The van der Waals surface area contributed by atoms with Gasteiger partial charge in [-0.2, -0.15) is 5.10 Å². The second-order valence-electron chi connectivity index (χ2n) is 3.34. The molecule has 1 aromatic heterocycles. The van der Waals surface area contributed by atoms with Gasteiger partial charge in [0.2, 0.25) is 0 Å². The molecule has 0 amide bonds. The number of aromatic nitrogens is 2. The first-order valence-corrected chi connectivity index (χ1v) is 5.10. The van der Waals surface area contributed by atoms with Crippen LogP contribution in [0.15, 0.2) is 30.5 Å². The molecule has 0 aliphatic carbocycles. The van der Waals surface area contributed by atoms with E-state index in [0.717, 1.165) is 16.9 Å². The van der Waals surface area contributed by atoms with Crippen molar-refractivity contribution in [3.63, 3.8) is 0 Å². The van der Waals surface area contributed by atoms with Crippen LogP contribution in [0, 0.1) is 6.92 Å². The van der Waals surface area contributed by atoms with Crippen LogP contribution in [0.5, 0.6) is 0 Å². The number of aryl methyl sites for hydroxylation is 1. The molecule has 0 spiro atoms. The largest absolute Gasteiger partial charge is 0.326 e. The first kappa shape index (κ1) is 10.2. The van der Waals surface area contributed by atoms with Crippen LogP contribution in [-0.4, -0.2) is 9.78 Å². The molecule has 2 rings (SSSR count). The van der Waals surface area contributed by atoms with E-state index in [-0.39, 0.29) is 0 Å². The van der Waals surface area contributed by atoms with E-state index in [1.807, 2.05) is 37.4 Å². The Balaban J connectivity index is 2.50. The molecule has 15 heavy (non-hydrogen) atoms. The second kappa shape index (κ2) is 4.04. The fourth-order valence-electron chi connectivity index (χ4n) is 1.46. The lowest BCUT2D eigenvalue weighted by molar-refractivity contribution is 0.863. The van der Waals surface area contributed by atoms with Crippen LogP contribution in [0.4, 0.5) is 0 Å². The van der Waals surface area contributed by atoms with Crippen LogP contribution in [-0.2, 0) is 6.54 Å². The summed E-state index contributed by atoms with van der Waals surface area (Å²) in [6.45, 7) is 2.44. The minimum absolute atomic E-state index is 0.496. The smallest absolute Gasteiger partial charge is 0.0831 e. The van der Waals surface area contributed by atoms with Gasteiger partial charge in [0.15, 0.2) is 0 Å². The lowest BCUT2D eigenvalue weighted by Crippen LogP contribution is -1.96. The van der Waals surface area contributed by atoms with Gasteiger partial charge in [-0.3, -0.25) is 0 Å². The highest BCUT2D eigenvalue weighted by Crippen LogP contribution is 2.20. The van der Waals surface area contributed by atoms with Crippen LogP contribution < -0.4 is 5.73 Å². The first-order chi connectivity index (χ1) is 7.22. The number of nitrogens with two attached hydrogens (primary N) is 1. The standard InChI is InChI=1S/C11H12ClN3/c1-8-9(6-13)7-15(14-8)11-5-3-2-4-10(11)12/h2-5,7H,6,13H2,1H3. The van der Waals surface area contributed by atoms with Crippen LogP contribution >= 0.6 is 11.6 Å². The Morgan fingerprint density at radius 1 is 1.40 bits per heavy atom. The molecule has 0 atom stereocenters. The van der Waals surface area contributed by atoms with E-state index in [9.17, 15) is 0 Å². The van der Waals surface area contributed by atoms with Crippen molar-refractivity contribution in [2.75, 3.05) is 0 Å². The summed E-state index contributed by atoms with van der Waals surface area (Å²) in [4.78, 5) is 0. The van der Waals surface area contributed by atoms with Gasteiger partial charge in [0.25, 0.3) is 0 Å². The van der Waals surface area contributed by atoms with Crippen molar-refractivity contribution in [3.8, 4) is 5.69 Å². The van der Waals surface area contributed by atoms with Gasteiger partial charge in [-0.15, -0.1) is 0 Å². The molecule has 0 radical (unpaired) electrons. The minimum atomic E-state index is 0.496. The molecule has 2 aromatic rings. The normalized spacial score (nSPS) is 10.6. The summed E-state index contributed by atoms with van der Waals surface area (Å²) in [6.07, 6.45) is 1.91. The fraction of sp³-hybridized carbons (Fsp3) is 0.182. The third-order valence-electron chi connectivity index (χ3n) is 2.32. The highest BCUT2D eigenvalue weighted by molar-refractivity contribution is 6.32. The molecule has 1 heterocycles. The lowest BCUT2D eigenvalue weighted by atomic mass is 10.3. The van der Waals surface area contributed by atoms with Gasteiger partial charge >= 0.3 is 0 Å². The van der Waals surface area contributed by atoms with Crippen LogP contribution in [0.3, 0.4) is 0 Å². The quantitative estimate of drug-likeness (QED) is 0.846. The topological polar surface area (TPSA) is 43.8 Å². The number of rotatable bonds is 2. The van der Waals surface area contributed by atoms with Gasteiger partial charge in [0, 0.05) is 18.3 Å². The second-order valence-corrected chi connectivity index (χ2v) is 3.75. The number of para-hydroxylation sites is 1. The summed E-state index contributed by atoms with van der Waals surface area (Å²) in [5, 5.41) is 5.05. The summed E-state index contributed by atoms with van der Waals surface area (Å²) >= 11 is 6.07. The van der Waals surface area contributed by atoms with Gasteiger partial charge in [0.1, 0.15) is 0 Å². The molecule has 0 bridgehead atoms. The number of hydrogen-bond acceptors (Lipinski definition) is 2. The molecule has 0 aliphatic rings. The van der Waals surface area contributed by atoms with E-state index in [1.54, 1.807) is 4.68 Å². The van der Waals surface area contributed by atoms with E-state index in [2.05, 4.69) is 5.10 Å². The van der Waals surface area contributed by atoms with Crippen molar-refractivity contribution < 1.29 is 0 Å².